The van der Waals surface area contributed by atoms with E-state index in [4.69, 9.17) is 5.73 Å². The summed E-state index contributed by atoms with van der Waals surface area (Å²) in [6.07, 6.45) is 0.901. The molecular weight excluding hydrogens is 308 g/mol. The second-order valence-electron chi connectivity index (χ2n) is 6.32. The number of fused-ring (bicyclic) bond motifs is 1. The van der Waals surface area contributed by atoms with Crippen LogP contribution in [0.2, 0.25) is 0 Å². The lowest BCUT2D eigenvalue weighted by Crippen LogP contribution is -2.41. The first kappa shape index (κ1) is 17.9. The largest absolute Gasteiger partial charge is 0.352 e. The molecule has 1 heterocycles. The Morgan fingerprint density at radius 1 is 1.25 bits per heavy atom. The molecule has 24 heavy (non-hydrogen) atoms. The number of nitrogens with one attached hydrogen (secondary N) is 2. The van der Waals surface area contributed by atoms with Gasteiger partial charge in [-0.25, -0.2) is 4.68 Å². The Balaban J connectivity index is 2.08. The van der Waals surface area contributed by atoms with E-state index in [1.54, 1.807) is 24.3 Å². The zero-order valence-corrected chi connectivity index (χ0v) is 14.0. The number of nitrogens with two attached hydrogens (primary N) is 1. The van der Waals surface area contributed by atoms with E-state index in [9.17, 15) is 14.4 Å². The van der Waals surface area contributed by atoms with Gasteiger partial charge in [0, 0.05) is 19.0 Å². The van der Waals surface area contributed by atoms with E-state index in [0.29, 0.717) is 23.2 Å². The molecule has 0 bridgehead atoms. The zero-order chi connectivity index (χ0) is 17.7. The van der Waals surface area contributed by atoms with Crippen LogP contribution in [0.25, 0.3) is 10.8 Å². The first-order valence-electron chi connectivity index (χ1n) is 8.13. The van der Waals surface area contributed by atoms with E-state index >= 15 is 0 Å². The third kappa shape index (κ3) is 4.32. The van der Waals surface area contributed by atoms with E-state index < -0.39 is 0 Å². The number of aromatic nitrogens is 2. The SMILES string of the molecule is CC(C)CC(CN)NC(=O)CCn1[nH]c(=O)c2ccccc2c1=O. The summed E-state index contributed by atoms with van der Waals surface area (Å²) in [5, 5.41) is 6.08. The van der Waals surface area contributed by atoms with Crippen LogP contribution >= 0.6 is 0 Å². The molecule has 0 spiro atoms. The standard InChI is InChI=1S/C17H24N4O3/c1-11(2)9-12(10-18)19-15(22)7-8-21-17(24)14-6-4-3-5-13(14)16(23)20-21/h3-6,11-12H,7-10,18H2,1-2H3,(H,19,22)(H,20,23). The van der Waals surface area contributed by atoms with Gasteiger partial charge >= 0.3 is 0 Å². The normalized spacial score (nSPS) is 12.5. The number of rotatable bonds is 7. The van der Waals surface area contributed by atoms with Crippen LogP contribution in [0.5, 0.6) is 0 Å². The Labute approximate surface area is 139 Å². The Hall–Kier alpha value is -2.41. The summed E-state index contributed by atoms with van der Waals surface area (Å²) in [6, 6.07) is 6.54. The van der Waals surface area contributed by atoms with Gasteiger partial charge in [-0.15, -0.1) is 0 Å². The van der Waals surface area contributed by atoms with Gasteiger partial charge in [-0.2, -0.15) is 0 Å². The molecule has 7 heteroatoms. The van der Waals surface area contributed by atoms with E-state index in [2.05, 4.69) is 24.3 Å². The van der Waals surface area contributed by atoms with Gasteiger partial charge in [0.15, 0.2) is 0 Å². The summed E-state index contributed by atoms with van der Waals surface area (Å²) in [6.45, 7) is 4.61. The van der Waals surface area contributed by atoms with Gasteiger partial charge in [0.1, 0.15) is 0 Å². The monoisotopic (exact) mass is 332 g/mol. The molecule has 0 aliphatic heterocycles. The van der Waals surface area contributed by atoms with E-state index in [-0.39, 0.29) is 36.0 Å². The average Bonchev–Trinajstić information content (AvgIpc) is 2.56. The highest BCUT2D eigenvalue weighted by atomic mass is 16.2. The minimum atomic E-state index is -0.342. The zero-order valence-electron chi connectivity index (χ0n) is 14.0. The van der Waals surface area contributed by atoms with Crippen molar-refractivity contribution in [3.05, 3.63) is 45.0 Å². The maximum atomic E-state index is 12.4. The van der Waals surface area contributed by atoms with Crippen LogP contribution in [0.1, 0.15) is 26.7 Å². The molecule has 2 rings (SSSR count). The Bertz CT molecular complexity index is 822. The molecule has 0 aliphatic carbocycles. The minimum absolute atomic E-state index is 0.0788. The van der Waals surface area contributed by atoms with Crippen molar-refractivity contribution in [2.45, 2.75) is 39.3 Å². The van der Waals surface area contributed by atoms with E-state index in [0.717, 1.165) is 6.42 Å². The second kappa shape index (κ2) is 7.92. The topological polar surface area (TPSA) is 110 Å². The predicted molar refractivity (Wildman–Crippen MR) is 93.9 cm³/mol. The van der Waals surface area contributed by atoms with Crippen LogP contribution in [0.4, 0.5) is 0 Å². The smallest absolute Gasteiger partial charge is 0.273 e. The molecule has 7 nitrogen and oxygen atoms in total. The van der Waals surface area contributed by atoms with Crippen molar-refractivity contribution < 1.29 is 4.79 Å². The fourth-order valence-corrected chi connectivity index (χ4v) is 2.70. The third-order valence-electron chi connectivity index (χ3n) is 3.85. The number of carbonyl (C=O) groups excluding carboxylic acids is 1. The van der Waals surface area contributed by atoms with Crippen molar-refractivity contribution in [1.82, 2.24) is 15.1 Å². The fourth-order valence-electron chi connectivity index (χ4n) is 2.70. The lowest BCUT2D eigenvalue weighted by atomic mass is 10.0. The molecule has 0 aliphatic rings. The molecule has 0 saturated heterocycles. The number of carbonyl (C=O) groups is 1. The minimum Gasteiger partial charge on any atom is -0.352 e. The van der Waals surface area contributed by atoms with Crippen LogP contribution in [-0.2, 0) is 11.3 Å². The Morgan fingerprint density at radius 3 is 2.54 bits per heavy atom. The Morgan fingerprint density at radius 2 is 1.92 bits per heavy atom. The highest BCUT2D eigenvalue weighted by Crippen LogP contribution is 2.04. The van der Waals surface area contributed by atoms with Crippen molar-refractivity contribution in [2.75, 3.05) is 6.54 Å². The molecule has 1 aromatic heterocycles. The van der Waals surface area contributed by atoms with Crippen molar-refractivity contribution in [3.8, 4) is 0 Å². The van der Waals surface area contributed by atoms with Crippen molar-refractivity contribution in [3.63, 3.8) is 0 Å². The number of aryl methyl sites for hydroxylation is 1. The summed E-state index contributed by atoms with van der Waals surface area (Å²) in [4.78, 5) is 36.4. The molecule has 1 atom stereocenters. The van der Waals surface area contributed by atoms with Crippen LogP contribution in [0, 0.1) is 5.92 Å². The average molecular weight is 332 g/mol. The molecule has 130 valence electrons. The maximum absolute atomic E-state index is 12.4. The fraction of sp³-hybridized carbons (Fsp3) is 0.471. The lowest BCUT2D eigenvalue weighted by molar-refractivity contribution is -0.122. The number of H-pyrrole nitrogens is 1. The summed E-state index contributed by atoms with van der Waals surface area (Å²) < 4.78 is 1.18. The van der Waals surface area contributed by atoms with Gasteiger partial charge in [0.05, 0.1) is 17.3 Å². The molecule has 0 saturated carbocycles. The molecule has 1 amide bonds. The molecule has 0 fully saturated rings. The number of nitrogens with zero attached hydrogens (tertiary/aromatic N) is 1. The number of benzene rings is 1. The lowest BCUT2D eigenvalue weighted by Gasteiger charge is -2.18. The van der Waals surface area contributed by atoms with Crippen LogP contribution < -0.4 is 22.2 Å². The summed E-state index contributed by atoms with van der Waals surface area (Å²) >= 11 is 0. The van der Waals surface area contributed by atoms with Gasteiger partial charge in [0.25, 0.3) is 11.1 Å². The molecule has 4 N–H and O–H groups in total. The number of aromatic amines is 1. The summed E-state index contributed by atoms with van der Waals surface area (Å²) in [5.74, 6) is 0.241. The Kier molecular flexibility index (Phi) is 5.92. The molecule has 2 aromatic rings. The van der Waals surface area contributed by atoms with E-state index in [1.807, 2.05) is 0 Å². The van der Waals surface area contributed by atoms with Gasteiger partial charge < -0.3 is 11.1 Å². The highest BCUT2D eigenvalue weighted by molar-refractivity contribution is 5.80. The third-order valence-corrected chi connectivity index (χ3v) is 3.85. The number of hydrogen-bond acceptors (Lipinski definition) is 4. The van der Waals surface area contributed by atoms with Crippen LogP contribution in [0.15, 0.2) is 33.9 Å². The second-order valence-corrected chi connectivity index (χ2v) is 6.32. The molecular formula is C17H24N4O3. The highest BCUT2D eigenvalue weighted by Gasteiger charge is 2.13. The first-order valence-corrected chi connectivity index (χ1v) is 8.13. The van der Waals surface area contributed by atoms with Gasteiger partial charge in [-0.3, -0.25) is 19.5 Å². The molecule has 1 aromatic carbocycles. The quantitative estimate of drug-likeness (QED) is 0.688. The maximum Gasteiger partial charge on any atom is 0.273 e. The van der Waals surface area contributed by atoms with Gasteiger partial charge in [-0.05, 0) is 24.5 Å². The molecule has 1 unspecified atom stereocenters. The van der Waals surface area contributed by atoms with Crippen LogP contribution in [0.3, 0.4) is 0 Å². The predicted octanol–water partition coefficient (Wildman–Crippen LogP) is 0.570. The number of hydrogen-bond donors (Lipinski definition) is 3. The summed E-state index contributed by atoms with van der Waals surface area (Å²) in [5.41, 5.74) is 5.01. The van der Waals surface area contributed by atoms with Gasteiger partial charge in [0.2, 0.25) is 5.91 Å². The van der Waals surface area contributed by atoms with Gasteiger partial charge in [-0.1, -0.05) is 26.0 Å². The molecule has 0 radical (unpaired) electrons. The van der Waals surface area contributed by atoms with Crippen molar-refractivity contribution in [1.29, 1.82) is 0 Å². The van der Waals surface area contributed by atoms with E-state index in [1.165, 1.54) is 4.68 Å². The van der Waals surface area contributed by atoms with Crippen LogP contribution in [-0.4, -0.2) is 28.3 Å². The van der Waals surface area contributed by atoms with Crippen molar-refractivity contribution >= 4 is 16.7 Å². The first-order chi connectivity index (χ1) is 11.4. The van der Waals surface area contributed by atoms with Crippen molar-refractivity contribution in [2.24, 2.45) is 11.7 Å². The number of amides is 1. The summed E-state index contributed by atoms with van der Waals surface area (Å²) in [7, 11) is 0.